The van der Waals surface area contributed by atoms with E-state index in [4.69, 9.17) is 0 Å². The molecular weight excluding hydrogens is 217 g/mol. The molecule has 1 aromatic rings. The molecule has 0 saturated heterocycles. The second kappa shape index (κ2) is 4.86. The maximum atomic E-state index is 13.5. The van der Waals surface area contributed by atoms with Crippen LogP contribution in [-0.2, 0) is 0 Å². The first-order chi connectivity index (χ1) is 8.06. The predicted octanol–water partition coefficient (Wildman–Crippen LogP) is 3.05. The van der Waals surface area contributed by atoms with Gasteiger partial charge in [0, 0.05) is 6.04 Å². The fourth-order valence-corrected chi connectivity index (χ4v) is 2.41. The molecule has 0 radical (unpaired) electrons. The number of benzene rings is 1. The zero-order chi connectivity index (χ0) is 12.4. The van der Waals surface area contributed by atoms with Crippen molar-refractivity contribution in [3.63, 3.8) is 0 Å². The Morgan fingerprint density at radius 2 is 2.18 bits per heavy atom. The second-order valence-electron chi connectivity index (χ2n) is 5.07. The monoisotopic (exact) mass is 235 g/mol. The van der Waals surface area contributed by atoms with Crippen LogP contribution in [0.25, 0.3) is 0 Å². The fraction of sp³-hybridized carbons (Fsp3) is 0.500. The van der Waals surface area contributed by atoms with Gasteiger partial charge in [-0.15, -0.1) is 0 Å². The minimum atomic E-state index is -0.445. The fourth-order valence-electron chi connectivity index (χ4n) is 2.41. The standard InChI is InChI=1S/C14H18FNO/c1-9-3-5-11(7-9)16-14(17)12-8-10(2)4-6-13(12)15/h4,6,8-9,11H,3,5,7H2,1-2H3,(H,16,17). The van der Waals surface area contributed by atoms with Crippen molar-refractivity contribution in [2.24, 2.45) is 5.92 Å². The van der Waals surface area contributed by atoms with Gasteiger partial charge >= 0.3 is 0 Å². The maximum absolute atomic E-state index is 13.5. The first-order valence-electron chi connectivity index (χ1n) is 6.13. The lowest BCUT2D eigenvalue weighted by atomic mass is 10.1. The Labute approximate surface area is 101 Å². The minimum absolute atomic E-state index is 0.157. The van der Waals surface area contributed by atoms with Crippen molar-refractivity contribution in [3.8, 4) is 0 Å². The Morgan fingerprint density at radius 1 is 1.41 bits per heavy atom. The number of amides is 1. The van der Waals surface area contributed by atoms with Crippen LogP contribution >= 0.6 is 0 Å². The largest absolute Gasteiger partial charge is 0.349 e. The summed E-state index contributed by atoms with van der Waals surface area (Å²) in [5.74, 6) is -0.0768. The van der Waals surface area contributed by atoms with Crippen LogP contribution in [0, 0.1) is 18.7 Å². The van der Waals surface area contributed by atoms with Crippen LogP contribution in [0.5, 0.6) is 0 Å². The number of nitrogens with one attached hydrogen (secondary N) is 1. The number of hydrogen-bond acceptors (Lipinski definition) is 1. The molecule has 2 rings (SSSR count). The van der Waals surface area contributed by atoms with E-state index >= 15 is 0 Å². The summed E-state index contributed by atoms with van der Waals surface area (Å²) in [6.07, 6.45) is 3.14. The van der Waals surface area contributed by atoms with E-state index in [-0.39, 0.29) is 17.5 Å². The molecule has 0 aliphatic heterocycles. The van der Waals surface area contributed by atoms with Crippen LogP contribution < -0.4 is 5.32 Å². The number of hydrogen-bond donors (Lipinski definition) is 1. The minimum Gasteiger partial charge on any atom is -0.349 e. The number of rotatable bonds is 2. The van der Waals surface area contributed by atoms with Gasteiger partial charge in [-0.1, -0.05) is 18.6 Å². The summed E-state index contributed by atoms with van der Waals surface area (Å²) >= 11 is 0. The van der Waals surface area contributed by atoms with E-state index in [9.17, 15) is 9.18 Å². The summed E-state index contributed by atoms with van der Waals surface area (Å²) in [5.41, 5.74) is 1.06. The molecule has 1 amide bonds. The van der Waals surface area contributed by atoms with Crippen molar-refractivity contribution in [2.75, 3.05) is 0 Å². The lowest BCUT2D eigenvalue weighted by Crippen LogP contribution is -2.33. The molecule has 0 heterocycles. The molecule has 0 aromatic heterocycles. The molecule has 1 aromatic carbocycles. The Hall–Kier alpha value is -1.38. The average Bonchev–Trinajstić information content (AvgIpc) is 2.67. The highest BCUT2D eigenvalue weighted by Crippen LogP contribution is 2.25. The molecule has 0 bridgehead atoms. The van der Waals surface area contributed by atoms with E-state index < -0.39 is 5.82 Å². The van der Waals surface area contributed by atoms with E-state index in [2.05, 4.69) is 12.2 Å². The van der Waals surface area contributed by atoms with Gasteiger partial charge in [0.05, 0.1) is 5.56 Å². The highest BCUT2D eigenvalue weighted by molar-refractivity contribution is 5.94. The Morgan fingerprint density at radius 3 is 2.82 bits per heavy atom. The van der Waals surface area contributed by atoms with Crippen LogP contribution in [0.4, 0.5) is 4.39 Å². The van der Waals surface area contributed by atoms with Gasteiger partial charge in [-0.2, -0.15) is 0 Å². The van der Waals surface area contributed by atoms with Gasteiger partial charge in [-0.05, 0) is 44.2 Å². The van der Waals surface area contributed by atoms with Crippen LogP contribution in [0.15, 0.2) is 18.2 Å². The molecule has 17 heavy (non-hydrogen) atoms. The van der Waals surface area contributed by atoms with Gasteiger partial charge < -0.3 is 5.32 Å². The molecule has 1 aliphatic rings. The Balaban J connectivity index is 2.06. The van der Waals surface area contributed by atoms with Crippen molar-refractivity contribution >= 4 is 5.91 Å². The molecule has 1 N–H and O–H groups in total. The van der Waals surface area contributed by atoms with Gasteiger partial charge in [0.1, 0.15) is 5.82 Å². The summed E-state index contributed by atoms with van der Waals surface area (Å²) in [5, 5.41) is 2.91. The lowest BCUT2D eigenvalue weighted by Gasteiger charge is -2.13. The van der Waals surface area contributed by atoms with Crippen molar-refractivity contribution in [1.29, 1.82) is 0 Å². The van der Waals surface area contributed by atoms with Gasteiger partial charge in [0.2, 0.25) is 0 Å². The number of aryl methyl sites for hydroxylation is 1. The normalized spacial score (nSPS) is 23.7. The highest BCUT2D eigenvalue weighted by atomic mass is 19.1. The molecule has 1 saturated carbocycles. The third kappa shape index (κ3) is 2.84. The summed E-state index contributed by atoms with van der Waals surface area (Å²) in [6.45, 7) is 4.03. The SMILES string of the molecule is Cc1ccc(F)c(C(=O)NC2CCC(C)C2)c1. The molecule has 1 aliphatic carbocycles. The summed E-state index contributed by atoms with van der Waals surface area (Å²) in [7, 11) is 0. The summed E-state index contributed by atoms with van der Waals surface area (Å²) < 4.78 is 13.5. The number of carbonyl (C=O) groups excluding carboxylic acids is 1. The van der Waals surface area contributed by atoms with Crippen molar-refractivity contribution < 1.29 is 9.18 Å². The van der Waals surface area contributed by atoms with Crippen molar-refractivity contribution in [1.82, 2.24) is 5.32 Å². The van der Waals surface area contributed by atoms with Crippen LogP contribution in [0.2, 0.25) is 0 Å². The van der Waals surface area contributed by atoms with Crippen LogP contribution in [0.3, 0.4) is 0 Å². The smallest absolute Gasteiger partial charge is 0.254 e. The molecule has 0 spiro atoms. The van der Waals surface area contributed by atoms with E-state index in [0.717, 1.165) is 24.8 Å². The molecule has 3 heteroatoms. The quantitative estimate of drug-likeness (QED) is 0.838. The Kier molecular flexibility index (Phi) is 3.46. The Bertz CT molecular complexity index is 430. The van der Waals surface area contributed by atoms with E-state index in [0.29, 0.717) is 5.92 Å². The maximum Gasteiger partial charge on any atom is 0.254 e. The van der Waals surface area contributed by atoms with Crippen LogP contribution in [0.1, 0.15) is 42.1 Å². The number of carbonyl (C=O) groups is 1. The number of halogens is 1. The van der Waals surface area contributed by atoms with Gasteiger partial charge in [0.15, 0.2) is 0 Å². The zero-order valence-corrected chi connectivity index (χ0v) is 10.3. The second-order valence-corrected chi connectivity index (χ2v) is 5.07. The summed E-state index contributed by atoms with van der Waals surface area (Å²) in [4.78, 5) is 11.9. The predicted molar refractivity (Wildman–Crippen MR) is 65.4 cm³/mol. The van der Waals surface area contributed by atoms with Gasteiger partial charge in [0.25, 0.3) is 5.91 Å². The first kappa shape index (κ1) is 12.1. The lowest BCUT2D eigenvalue weighted by molar-refractivity contribution is 0.0933. The summed E-state index contributed by atoms with van der Waals surface area (Å²) in [6, 6.07) is 4.83. The molecule has 1 fully saturated rings. The average molecular weight is 235 g/mol. The van der Waals surface area contributed by atoms with E-state index in [1.807, 2.05) is 6.92 Å². The molecule has 2 nitrogen and oxygen atoms in total. The molecule has 2 unspecified atom stereocenters. The molecular formula is C14H18FNO. The van der Waals surface area contributed by atoms with Crippen LogP contribution in [-0.4, -0.2) is 11.9 Å². The van der Waals surface area contributed by atoms with E-state index in [1.165, 1.54) is 6.07 Å². The van der Waals surface area contributed by atoms with Gasteiger partial charge in [-0.3, -0.25) is 4.79 Å². The van der Waals surface area contributed by atoms with Crippen molar-refractivity contribution in [2.45, 2.75) is 39.2 Å². The zero-order valence-electron chi connectivity index (χ0n) is 10.3. The highest BCUT2D eigenvalue weighted by Gasteiger charge is 2.24. The first-order valence-corrected chi connectivity index (χ1v) is 6.13. The topological polar surface area (TPSA) is 29.1 Å². The third-order valence-corrected chi connectivity index (χ3v) is 3.40. The van der Waals surface area contributed by atoms with Gasteiger partial charge in [-0.25, -0.2) is 4.39 Å². The van der Waals surface area contributed by atoms with E-state index in [1.54, 1.807) is 12.1 Å². The molecule has 92 valence electrons. The third-order valence-electron chi connectivity index (χ3n) is 3.40. The molecule has 2 atom stereocenters. The van der Waals surface area contributed by atoms with Crippen molar-refractivity contribution in [3.05, 3.63) is 35.1 Å².